The summed E-state index contributed by atoms with van der Waals surface area (Å²) >= 11 is 0. The zero-order chi connectivity index (χ0) is 21.3. The summed E-state index contributed by atoms with van der Waals surface area (Å²) in [6.07, 6.45) is 4.35. The average molecular weight is 414 g/mol. The lowest BCUT2D eigenvalue weighted by Gasteiger charge is -2.44. The van der Waals surface area contributed by atoms with Gasteiger partial charge in [-0.1, -0.05) is 6.92 Å². The van der Waals surface area contributed by atoms with Crippen molar-refractivity contribution in [2.75, 3.05) is 26.3 Å². The maximum atomic E-state index is 13.1. The highest BCUT2D eigenvalue weighted by atomic mass is 16.5. The highest BCUT2D eigenvalue weighted by molar-refractivity contribution is 5.88. The monoisotopic (exact) mass is 413 g/mol. The fraction of sp³-hybridized carbons (Fsp3) is 0.583. The fourth-order valence-electron chi connectivity index (χ4n) is 4.85. The maximum absolute atomic E-state index is 13.1. The highest BCUT2D eigenvalue weighted by Crippen LogP contribution is 2.40. The van der Waals surface area contributed by atoms with Gasteiger partial charge in [0.1, 0.15) is 11.3 Å². The molecule has 0 aliphatic carbocycles. The van der Waals surface area contributed by atoms with Crippen molar-refractivity contribution in [1.82, 2.24) is 4.90 Å². The molecule has 6 nitrogen and oxygen atoms in total. The number of fused-ring (bicyclic) bond motifs is 1. The molecule has 1 amide bonds. The summed E-state index contributed by atoms with van der Waals surface area (Å²) in [4.78, 5) is 26.9. The first-order valence-electron chi connectivity index (χ1n) is 11.0. The number of amides is 1. The van der Waals surface area contributed by atoms with Gasteiger partial charge in [-0.05, 0) is 74.6 Å². The molecule has 0 radical (unpaired) electrons. The van der Waals surface area contributed by atoms with Gasteiger partial charge in [-0.25, -0.2) is 4.79 Å². The van der Waals surface area contributed by atoms with Crippen molar-refractivity contribution in [3.05, 3.63) is 39.7 Å². The summed E-state index contributed by atoms with van der Waals surface area (Å²) in [7, 11) is 0. The molecular weight excluding hydrogens is 382 g/mol. The van der Waals surface area contributed by atoms with Crippen molar-refractivity contribution in [2.24, 2.45) is 5.41 Å². The van der Waals surface area contributed by atoms with Crippen LogP contribution in [0, 0.1) is 12.3 Å². The predicted octanol–water partition coefficient (Wildman–Crippen LogP) is 3.85. The molecule has 6 heteroatoms. The predicted molar refractivity (Wildman–Crippen MR) is 115 cm³/mol. The van der Waals surface area contributed by atoms with Crippen LogP contribution in [0.5, 0.6) is 5.75 Å². The SMILES string of the molecule is CCc1cc(=O)oc2cc(C)cc(OC(C)C(=O)N3CCC4(CCOCC4)CC3)c12. The number of rotatable bonds is 4. The Morgan fingerprint density at radius 3 is 2.53 bits per heavy atom. The van der Waals surface area contributed by atoms with Gasteiger partial charge in [0, 0.05) is 32.4 Å². The van der Waals surface area contributed by atoms with Crippen LogP contribution in [0.2, 0.25) is 0 Å². The highest BCUT2D eigenvalue weighted by Gasteiger charge is 2.38. The Balaban J connectivity index is 1.51. The summed E-state index contributed by atoms with van der Waals surface area (Å²) in [5, 5.41) is 0.780. The van der Waals surface area contributed by atoms with E-state index in [9.17, 15) is 9.59 Å². The van der Waals surface area contributed by atoms with Crippen LogP contribution in [-0.2, 0) is 16.0 Å². The summed E-state index contributed by atoms with van der Waals surface area (Å²) < 4.78 is 17.1. The van der Waals surface area contributed by atoms with Crippen molar-refractivity contribution >= 4 is 16.9 Å². The van der Waals surface area contributed by atoms with E-state index in [4.69, 9.17) is 13.9 Å². The van der Waals surface area contributed by atoms with Crippen molar-refractivity contribution in [3.63, 3.8) is 0 Å². The Kier molecular flexibility index (Phi) is 5.87. The molecule has 30 heavy (non-hydrogen) atoms. The first-order valence-corrected chi connectivity index (χ1v) is 11.0. The van der Waals surface area contributed by atoms with Gasteiger partial charge in [-0.3, -0.25) is 4.79 Å². The number of aryl methyl sites for hydroxylation is 2. The molecule has 2 aliphatic rings. The summed E-state index contributed by atoms with van der Waals surface area (Å²) in [6, 6.07) is 5.26. The molecule has 1 atom stereocenters. The molecule has 3 heterocycles. The van der Waals surface area contributed by atoms with Gasteiger partial charge >= 0.3 is 5.63 Å². The molecule has 1 spiro atoms. The fourth-order valence-corrected chi connectivity index (χ4v) is 4.85. The molecule has 2 fully saturated rings. The van der Waals surface area contributed by atoms with E-state index in [0.29, 0.717) is 23.2 Å². The van der Waals surface area contributed by atoms with E-state index < -0.39 is 6.10 Å². The third kappa shape index (κ3) is 4.10. The topological polar surface area (TPSA) is 69.0 Å². The second-order valence-electron chi connectivity index (χ2n) is 8.78. The van der Waals surface area contributed by atoms with E-state index in [0.717, 1.165) is 68.5 Å². The van der Waals surface area contributed by atoms with Crippen LogP contribution in [-0.4, -0.2) is 43.2 Å². The van der Waals surface area contributed by atoms with E-state index in [-0.39, 0.29) is 11.5 Å². The molecule has 1 unspecified atom stereocenters. The first kappa shape index (κ1) is 20.9. The normalized spacial score (nSPS) is 19.8. The Morgan fingerprint density at radius 1 is 1.17 bits per heavy atom. The minimum Gasteiger partial charge on any atom is -0.480 e. The minimum absolute atomic E-state index is 0.0157. The lowest BCUT2D eigenvalue weighted by molar-refractivity contribution is -0.141. The molecule has 1 aromatic heterocycles. The lowest BCUT2D eigenvalue weighted by atomic mass is 9.72. The molecule has 0 saturated carbocycles. The van der Waals surface area contributed by atoms with Crippen molar-refractivity contribution in [3.8, 4) is 5.75 Å². The second-order valence-corrected chi connectivity index (χ2v) is 8.78. The zero-order valence-electron chi connectivity index (χ0n) is 18.2. The molecule has 4 rings (SSSR count). The van der Waals surface area contributed by atoms with Crippen LogP contribution < -0.4 is 10.4 Å². The van der Waals surface area contributed by atoms with Gasteiger partial charge in [0.05, 0.1) is 5.39 Å². The molecular formula is C24H31NO5. The number of benzene rings is 1. The number of nitrogens with zero attached hydrogens (tertiary/aromatic N) is 1. The first-order chi connectivity index (χ1) is 14.4. The van der Waals surface area contributed by atoms with Crippen LogP contribution in [0.4, 0.5) is 0 Å². The summed E-state index contributed by atoms with van der Waals surface area (Å²) in [5.41, 5.74) is 2.28. The van der Waals surface area contributed by atoms with Crippen LogP contribution in [0.25, 0.3) is 11.0 Å². The number of likely N-dealkylation sites (tertiary alicyclic amines) is 1. The smallest absolute Gasteiger partial charge is 0.336 e. The van der Waals surface area contributed by atoms with Crippen LogP contribution in [0.3, 0.4) is 0 Å². The number of ether oxygens (including phenoxy) is 2. The Morgan fingerprint density at radius 2 is 1.87 bits per heavy atom. The summed E-state index contributed by atoms with van der Waals surface area (Å²) in [5.74, 6) is 0.617. The van der Waals surface area contributed by atoms with Gasteiger partial charge in [0.25, 0.3) is 5.91 Å². The molecule has 2 aliphatic heterocycles. The third-order valence-corrected chi connectivity index (χ3v) is 6.76. The Bertz CT molecular complexity index is 979. The average Bonchev–Trinajstić information content (AvgIpc) is 2.73. The quantitative estimate of drug-likeness (QED) is 0.712. The Labute approximate surface area is 177 Å². The summed E-state index contributed by atoms with van der Waals surface area (Å²) in [6.45, 7) is 8.95. The molecule has 2 aromatic rings. The number of carbonyl (C=O) groups excluding carboxylic acids is 1. The molecule has 2 saturated heterocycles. The zero-order valence-corrected chi connectivity index (χ0v) is 18.2. The molecule has 0 bridgehead atoms. The third-order valence-electron chi connectivity index (χ3n) is 6.76. The Hall–Kier alpha value is -2.34. The number of piperidine rings is 1. The van der Waals surface area contributed by atoms with Crippen molar-refractivity contribution < 1.29 is 18.7 Å². The maximum Gasteiger partial charge on any atom is 0.336 e. The van der Waals surface area contributed by atoms with E-state index in [1.807, 2.05) is 30.9 Å². The molecule has 162 valence electrons. The van der Waals surface area contributed by atoms with Gasteiger partial charge in [0.15, 0.2) is 6.10 Å². The molecule has 0 N–H and O–H groups in total. The lowest BCUT2D eigenvalue weighted by Crippen LogP contribution is -2.48. The van der Waals surface area contributed by atoms with E-state index in [1.54, 1.807) is 6.92 Å². The van der Waals surface area contributed by atoms with Gasteiger partial charge in [-0.15, -0.1) is 0 Å². The molecule has 1 aromatic carbocycles. The number of hydrogen-bond donors (Lipinski definition) is 0. The number of hydrogen-bond acceptors (Lipinski definition) is 5. The van der Waals surface area contributed by atoms with Crippen molar-refractivity contribution in [1.29, 1.82) is 0 Å². The minimum atomic E-state index is -0.602. The van der Waals surface area contributed by atoms with Crippen molar-refractivity contribution in [2.45, 2.75) is 59.0 Å². The van der Waals surface area contributed by atoms with Crippen LogP contribution in [0.15, 0.2) is 27.4 Å². The standard InChI is InChI=1S/C24H31NO5/c1-4-18-15-21(26)30-20-14-16(2)13-19(22(18)20)29-17(3)23(27)25-9-5-24(6-10-25)7-11-28-12-8-24/h13-15,17H,4-12H2,1-3H3. The van der Waals surface area contributed by atoms with E-state index in [2.05, 4.69) is 0 Å². The van der Waals surface area contributed by atoms with Crippen LogP contribution in [0.1, 0.15) is 50.7 Å². The van der Waals surface area contributed by atoms with E-state index >= 15 is 0 Å². The van der Waals surface area contributed by atoms with Gasteiger partial charge < -0.3 is 18.8 Å². The van der Waals surface area contributed by atoms with E-state index in [1.165, 1.54) is 6.07 Å². The van der Waals surface area contributed by atoms with Gasteiger partial charge in [0.2, 0.25) is 0 Å². The second kappa shape index (κ2) is 8.42. The number of carbonyl (C=O) groups is 1. The van der Waals surface area contributed by atoms with Gasteiger partial charge in [-0.2, -0.15) is 0 Å². The largest absolute Gasteiger partial charge is 0.480 e. The van der Waals surface area contributed by atoms with Crippen LogP contribution >= 0.6 is 0 Å².